The molecule has 0 spiro atoms. The van der Waals surface area contributed by atoms with Gasteiger partial charge >= 0.3 is 0 Å². The second-order valence-corrected chi connectivity index (χ2v) is 5.64. The van der Waals surface area contributed by atoms with Gasteiger partial charge in [0.05, 0.1) is 12.7 Å². The third-order valence-electron chi connectivity index (χ3n) is 2.67. The van der Waals surface area contributed by atoms with Crippen LogP contribution in [0.2, 0.25) is 0 Å². The largest absolute Gasteiger partial charge is 0.374 e. The zero-order valence-corrected chi connectivity index (χ0v) is 11.2. The van der Waals surface area contributed by atoms with Gasteiger partial charge in [-0.1, -0.05) is 0 Å². The second kappa shape index (κ2) is 6.55. The number of hydrogen-bond donors (Lipinski definition) is 2. The van der Waals surface area contributed by atoms with Gasteiger partial charge < -0.3 is 20.3 Å². The molecule has 1 atom stereocenters. The Kier molecular flexibility index (Phi) is 5.69. The maximum atomic E-state index is 5.67. The maximum Gasteiger partial charge on any atom is 0.0826 e. The second-order valence-electron chi connectivity index (χ2n) is 5.64. The summed E-state index contributed by atoms with van der Waals surface area (Å²) in [6, 6.07) is 0. The van der Waals surface area contributed by atoms with Crippen LogP contribution < -0.4 is 10.6 Å². The van der Waals surface area contributed by atoms with Crippen LogP contribution in [0.4, 0.5) is 0 Å². The SMILES string of the molecule is CN1CCOC(CNCCNC(C)(C)C)C1. The first-order valence-corrected chi connectivity index (χ1v) is 6.23. The van der Waals surface area contributed by atoms with Gasteiger partial charge in [-0.2, -0.15) is 0 Å². The van der Waals surface area contributed by atoms with E-state index in [1.54, 1.807) is 0 Å². The molecule has 0 aliphatic carbocycles. The van der Waals surface area contributed by atoms with Crippen LogP contribution in [-0.4, -0.2) is 62.9 Å². The van der Waals surface area contributed by atoms with Gasteiger partial charge in [0.1, 0.15) is 0 Å². The molecule has 1 fully saturated rings. The summed E-state index contributed by atoms with van der Waals surface area (Å²) < 4.78 is 5.67. The van der Waals surface area contributed by atoms with E-state index in [-0.39, 0.29) is 5.54 Å². The number of ether oxygens (including phenoxy) is 1. The Labute approximate surface area is 99.7 Å². The Morgan fingerprint density at radius 2 is 2.06 bits per heavy atom. The van der Waals surface area contributed by atoms with Crippen LogP contribution >= 0.6 is 0 Å². The molecule has 96 valence electrons. The van der Waals surface area contributed by atoms with E-state index in [1.807, 2.05) is 0 Å². The molecular weight excluding hydrogens is 202 g/mol. The monoisotopic (exact) mass is 229 g/mol. The molecule has 0 aromatic rings. The summed E-state index contributed by atoms with van der Waals surface area (Å²) in [6.07, 6.45) is 0.355. The lowest BCUT2D eigenvalue weighted by atomic mass is 10.1. The lowest BCUT2D eigenvalue weighted by Crippen LogP contribution is -2.46. The fourth-order valence-corrected chi connectivity index (χ4v) is 1.78. The van der Waals surface area contributed by atoms with Crippen LogP contribution in [0.15, 0.2) is 0 Å². The van der Waals surface area contributed by atoms with Crippen LogP contribution in [0.3, 0.4) is 0 Å². The molecule has 2 N–H and O–H groups in total. The smallest absolute Gasteiger partial charge is 0.0826 e. The highest BCUT2D eigenvalue weighted by atomic mass is 16.5. The van der Waals surface area contributed by atoms with Crippen molar-refractivity contribution in [3.63, 3.8) is 0 Å². The van der Waals surface area contributed by atoms with E-state index in [1.165, 1.54) is 0 Å². The average Bonchev–Trinajstić information content (AvgIpc) is 2.15. The van der Waals surface area contributed by atoms with Gasteiger partial charge in [0.25, 0.3) is 0 Å². The van der Waals surface area contributed by atoms with Crippen molar-refractivity contribution >= 4 is 0 Å². The van der Waals surface area contributed by atoms with E-state index in [0.717, 1.165) is 39.3 Å². The average molecular weight is 229 g/mol. The molecule has 1 aliphatic heterocycles. The van der Waals surface area contributed by atoms with Gasteiger partial charge in [-0.3, -0.25) is 0 Å². The van der Waals surface area contributed by atoms with Gasteiger partial charge in [-0.15, -0.1) is 0 Å². The third-order valence-corrected chi connectivity index (χ3v) is 2.67. The summed E-state index contributed by atoms with van der Waals surface area (Å²) in [6.45, 7) is 12.5. The number of morpholine rings is 1. The molecular formula is C12H27N3O. The lowest BCUT2D eigenvalue weighted by molar-refractivity contribution is -0.0179. The first-order valence-electron chi connectivity index (χ1n) is 6.23. The normalized spacial score (nSPS) is 23.6. The summed E-state index contributed by atoms with van der Waals surface area (Å²) in [4.78, 5) is 2.32. The van der Waals surface area contributed by atoms with Gasteiger partial charge in [0.15, 0.2) is 0 Å². The van der Waals surface area contributed by atoms with E-state index in [9.17, 15) is 0 Å². The Morgan fingerprint density at radius 3 is 2.69 bits per heavy atom. The van der Waals surface area contributed by atoms with Crippen molar-refractivity contribution < 1.29 is 4.74 Å². The molecule has 0 saturated carbocycles. The van der Waals surface area contributed by atoms with Crippen molar-refractivity contribution in [1.29, 1.82) is 0 Å². The standard InChI is InChI=1S/C12H27N3O/c1-12(2,3)14-6-5-13-9-11-10-15(4)7-8-16-11/h11,13-14H,5-10H2,1-4H3. The van der Waals surface area contributed by atoms with Gasteiger partial charge in [0.2, 0.25) is 0 Å². The molecule has 0 aromatic heterocycles. The minimum atomic E-state index is 0.212. The molecule has 16 heavy (non-hydrogen) atoms. The number of rotatable bonds is 5. The Morgan fingerprint density at radius 1 is 1.31 bits per heavy atom. The van der Waals surface area contributed by atoms with E-state index in [4.69, 9.17) is 4.74 Å². The van der Waals surface area contributed by atoms with E-state index >= 15 is 0 Å². The predicted molar refractivity (Wildman–Crippen MR) is 67.9 cm³/mol. The molecule has 0 bridgehead atoms. The molecule has 1 aliphatic rings. The Hall–Kier alpha value is -0.160. The number of nitrogens with zero attached hydrogens (tertiary/aromatic N) is 1. The van der Waals surface area contributed by atoms with Gasteiger partial charge in [-0.25, -0.2) is 0 Å². The predicted octanol–water partition coefficient (Wildman–Crippen LogP) is 0.295. The highest BCUT2D eigenvalue weighted by molar-refractivity contribution is 4.73. The molecule has 0 amide bonds. The molecule has 1 saturated heterocycles. The van der Waals surface area contributed by atoms with Crippen LogP contribution in [0.5, 0.6) is 0 Å². The van der Waals surface area contributed by atoms with Crippen molar-refractivity contribution in [3.05, 3.63) is 0 Å². The van der Waals surface area contributed by atoms with Crippen LogP contribution in [-0.2, 0) is 4.74 Å². The van der Waals surface area contributed by atoms with Crippen molar-refractivity contribution in [2.24, 2.45) is 0 Å². The van der Waals surface area contributed by atoms with Crippen molar-refractivity contribution in [1.82, 2.24) is 15.5 Å². The zero-order valence-electron chi connectivity index (χ0n) is 11.2. The minimum absolute atomic E-state index is 0.212. The van der Waals surface area contributed by atoms with Crippen LogP contribution in [0.25, 0.3) is 0 Å². The summed E-state index contributed by atoms with van der Waals surface area (Å²) >= 11 is 0. The lowest BCUT2D eigenvalue weighted by Gasteiger charge is -2.30. The first kappa shape index (κ1) is 13.9. The molecule has 0 aromatic carbocycles. The van der Waals surface area contributed by atoms with E-state index < -0.39 is 0 Å². The molecule has 4 heteroatoms. The molecule has 1 heterocycles. The summed E-state index contributed by atoms with van der Waals surface area (Å²) in [5.41, 5.74) is 0.212. The molecule has 0 radical (unpaired) electrons. The summed E-state index contributed by atoms with van der Waals surface area (Å²) in [5, 5.41) is 6.89. The van der Waals surface area contributed by atoms with Gasteiger partial charge in [0, 0.05) is 38.3 Å². The van der Waals surface area contributed by atoms with Crippen molar-refractivity contribution in [2.45, 2.75) is 32.4 Å². The van der Waals surface area contributed by atoms with E-state index in [2.05, 4.69) is 43.4 Å². The Balaban J connectivity index is 1.98. The molecule has 4 nitrogen and oxygen atoms in total. The third kappa shape index (κ3) is 6.43. The quantitative estimate of drug-likeness (QED) is 0.665. The molecule has 1 unspecified atom stereocenters. The number of hydrogen-bond acceptors (Lipinski definition) is 4. The van der Waals surface area contributed by atoms with Crippen LogP contribution in [0, 0.1) is 0 Å². The number of nitrogens with one attached hydrogen (secondary N) is 2. The molecule has 1 rings (SSSR count). The summed E-state index contributed by atoms with van der Waals surface area (Å²) in [5.74, 6) is 0. The fraction of sp³-hybridized carbons (Fsp3) is 1.00. The minimum Gasteiger partial charge on any atom is -0.374 e. The Bertz CT molecular complexity index is 191. The van der Waals surface area contributed by atoms with Crippen molar-refractivity contribution in [3.8, 4) is 0 Å². The zero-order chi connectivity index (χ0) is 12.0. The topological polar surface area (TPSA) is 36.5 Å². The van der Waals surface area contributed by atoms with Gasteiger partial charge in [-0.05, 0) is 27.8 Å². The highest BCUT2D eigenvalue weighted by Gasteiger charge is 2.16. The highest BCUT2D eigenvalue weighted by Crippen LogP contribution is 2.01. The van der Waals surface area contributed by atoms with E-state index in [0.29, 0.717) is 6.10 Å². The maximum absolute atomic E-state index is 5.67. The summed E-state index contributed by atoms with van der Waals surface area (Å²) in [7, 11) is 2.15. The van der Waals surface area contributed by atoms with Crippen LogP contribution in [0.1, 0.15) is 20.8 Å². The van der Waals surface area contributed by atoms with Crippen molar-refractivity contribution in [2.75, 3.05) is 46.4 Å². The fourth-order valence-electron chi connectivity index (χ4n) is 1.78. The first-order chi connectivity index (χ1) is 7.47. The number of likely N-dealkylation sites (N-methyl/N-ethyl adjacent to an activating group) is 1.